The molecule has 2 rings (SSSR count). The van der Waals surface area contributed by atoms with E-state index in [4.69, 9.17) is 5.11 Å². The summed E-state index contributed by atoms with van der Waals surface area (Å²) in [6.45, 7) is 2.14. The van der Waals surface area contributed by atoms with Crippen LogP contribution in [0.2, 0.25) is 0 Å². The first-order valence-electron chi connectivity index (χ1n) is 6.45. The Morgan fingerprint density at radius 1 is 1.28 bits per heavy atom. The van der Waals surface area contributed by atoms with E-state index in [-0.39, 0.29) is 12.2 Å². The van der Waals surface area contributed by atoms with Crippen LogP contribution in [0, 0.1) is 0 Å². The van der Waals surface area contributed by atoms with Gasteiger partial charge in [-0.3, -0.25) is 4.79 Å². The van der Waals surface area contributed by atoms with Gasteiger partial charge in [0, 0.05) is 25.2 Å². The lowest BCUT2D eigenvalue weighted by molar-refractivity contribution is -0.137. The molecule has 1 aromatic carbocycles. The van der Waals surface area contributed by atoms with E-state index in [0.717, 1.165) is 24.3 Å². The zero-order chi connectivity index (χ0) is 13.0. The Morgan fingerprint density at radius 2 is 2.00 bits per heavy atom. The number of anilines is 1. The van der Waals surface area contributed by atoms with Gasteiger partial charge in [-0.15, -0.1) is 0 Å². The molecule has 1 fully saturated rings. The molecule has 0 atom stereocenters. The monoisotopic (exact) mass is 249 g/mol. The Labute approximate surface area is 107 Å². The zero-order valence-electron chi connectivity index (χ0n) is 10.4. The fourth-order valence-electron chi connectivity index (χ4n) is 2.37. The van der Waals surface area contributed by atoms with Crippen molar-refractivity contribution in [1.82, 2.24) is 0 Å². The maximum absolute atomic E-state index is 10.5. The molecule has 1 heterocycles. The van der Waals surface area contributed by atoms with E-state index in [0.29, 0.717) is 12.8 Å². The highest BCUT2D eigenvalue weighted by Crippen LogP contribution is 2.27. The topological polar surface area (TPSA) is 60.8 Å². The molecule has 98 valence electrons. The van der Waals surface area contributed by atoms with Crippen molar-refractivity contribution in [1.29, 1.82) is 0 Å². The molecule has 1 aromatic rings. The number of carbonyl (C=O) groups is 1. The minimum atomic E-state index is -0.787. The summed E-state index contributed by atoms with van der Waals surface area (Å²) in [6.07, 6.45) is 3.75. The molecule has 4 nitrogen and oxygen atoms in total. The molecule has 0 radical (unpaired) electrons. The van der Waals surface area contributed by atoms with E-state index < -0.39 is 5.97 Å². The molecular weight excluding hydrogens is 230 g/mol. The van der Waals surface area contributed by atoms with Gasteiger partial charge in [0.25, 0.3) is 0 Å². The standard InChI is InChI=1S/C14H19NO3/c16-13-7-6-12(15-8-1-2-9-15)10-11(13)4-3-5-14(17)18/h6-7,10,16H,1-5,8-9H2,(H,17,18). The van der Waals surface area contributed by atoms with Crippen LogP contribution < -0.4 is 4.90 Å². The first kappa shape index (κ1) is 12.7. The predicted molar refractivity (Wildman–Crippen MR) is 70.1 cm³/mol. The molecular formula is C14H19NO3. The summed E-state index contributed by atoms with van der Waals surface area (Å²) in [5.74, 6) is -0.520. The van der Waals surface area contributed by atoms with Gasteiger partial charge in [0.2, 0.25) is 0 Å². The number of nitrogens with zero attached hydrogens (tertiary/aromatic N) is 1. The summed E-state index contributed by atoms with van der Waals surface area (Å²) in [5.41, 5.74) is 1.98. The van der Waals surface area contributed by atoms with Crippen LogP contribution in [0.3, 0.4) is 0 Å². The molecule has 1 saturated heterocycles. The van der Waals surface area contributed by atoms with Crippen LogP contribution in [0.25, 0.3) is 0 Å². The lowest BCUT2D eigenvalue weighted by Crippen LogP contribution is -2.17. The van der Waals surface area contributed by atoms with Gasteiger partial charge in [-0.05, 0) is 49.4 Å². The van der Waals surface area contributed by atoms with Gasteiger partial charge in [-0.2, -0.15) is 0 Å². The molecule has 0 aromatic heterocycles. The molecule has 1 aliphatic heterocycles. The second kappa shape index (κ2) is 5.76. The third-order valence-electron chi connectivity index (χ3n) is 3.37. The maximum atomic E-state index is 10.5. The van der Waals surface area contributed by atoms with E-state index in [9.17, 15) is 9.90 Å². The molecule has 1 aliphatic rings. The number of phenols is 1. The van der Waals surface area contributed by atoms with Gasteiger partial charge in [0.15, 0.2) is 0 Å². The molecule has 0 aliphatic carbocycles. The molecule has 0 saturated carbocycles. The third-order valence-corrected chi connectivity index (χ3v) is 3.37. The second-order valence-electron chi connectivity index (χ2n) is 4.75. The Kier molecular flexibility index (Phi) is 4.07. The quantitative estimate of drug-likeness (QED) is 0.841. The van der Waals surface area contributed by atoms with Gasteiger partial charge in [0.05, 0.1) is 0 Å². The number of carboxylic acids is 1. The average Bonchev–Trinajstić information content (AvgIpc) is 2.84. The van der Waals surface area contributed by atoms with E-state index in [2.05, 4.69) is 4.90 Å². The fraction of sp³-hybridized carbons (Fsp3) is 0.500. The van der Waals surface area contributed by atoms with Crippen molar-refractivity contribution < 1.29 is 15.0 Å². The minimum absolute atomic E-state index is 0.146. The first-order chi connectivity index (χ1) is 8.66. The summed E-state index contributed by atoms with van der Waals surface area (Å²) < 4.78 is 0. The number of aryl methyl sites for hydroxylation is 1. The van der Waals surface area contributed by atoms with Crippen LogP contribution in [0.1, 0.15) is 31.2 Å². The van der Waals surface area contributed by atoms with E-state index in [1.165, 1.54) is 12.8 Å². The number of phenolic OH excluding ortho intramolecular Hbond substituents is 1. The molecule has 4 heteroatoms. The van der Waals surface area contributed by atoms with Gasteiger partial charge < -0.3 is 15.1 Å². The van der Waals surface area contributed by atoms with E-state index in [1.807, 2.05) is 12.1 Å². The van der Waals surface area contributed by atoms with Crippen LogP contribution in [0.15, 0.2) is 18.2 Å². The lowest BCUT2D eigenvalue weighted by Gasteiger charge is -2.19. The first-order valence-corrected chi connectivity index (χ1v) is 6.45. The number of hydrogen-bond acceptors (Lipinski definition) is 3. The molecule has 0 bridgehead atoms. The van der Waals surface area contributed by atoms with Crippen molar-refractivity contribution in [3.63, 3.8) is 0 Å². The van der Waals surface area contributed by atoms with E-state index in [1.54, 1.807) is 6.07 Å². The molecule has 0 unspecified atom stereocenters. The SMILES string of the molecule is O=C(O)CCCc1cc(N2CCCC2)ccc1O. The largest absolute Gasteiger partial charge is 0.508 e. The van der Waals surface area contributed by atoms with E-state index >= 15 is 0 Å². The van der Waals surface area contributed by atoms with Crippen LogP contribution in [-0.4, -0.2) is 29.3 Å². The van der Waals surface area contributed by atoms with Crippen molar-refractivity contribution in [2.45, 2.75) is 32.1 Å². The molecule has 18 heavy (non-hydrogen) atoms. The highest BCUT2D eigenvalue weighted by atomic mass is 16.4. The summed E-state index contributed by atoms with van der Waals surface area (Å²) in [5, 5.41) is 18.4. The minimum Gasteiger partial charge on any atom is -0.508 e. The van der Waals surface area contributed by atoms with Crippen LogP contribution in [0.4, 0.5) is 5.69 Å². The Bertz CT molecular complexity index is 425. The Balaban J connectivity index is 2.03. The number of carboxylic acid groups (broad SMARTS) is 1. The molecule has 2 N–H and O–H groups in total. The maximum Gasteiger partial charge on any atom is 0.303 e. The van der Waals surface area contributed by atoms with Crippen LogP contribution >= 0.6 is 0 Å². The van der Waals surface area contributed by atoms with Crippen molar-refractivity contribution in [2.24, 2.45) is 0 Å². The highest BCUT2D eigenvalue weighted by molar-refractivity contribution is 5.66. The molecule has 0 amide bonds. The van der Waals surface area contributed by atoms with Gasteiger partial charge >= 0.3 is 5.97 Å². The van der Waals surface area contributed by atoms with Crippen molar-refractivity contribution in [2.75, 3.05) is 18.0 Å². The van der Waals surface area contributed by atoms with Gasteiger partial charge in [-0.1, -0.05) is 0 Å². The average molecular weight is 249 g/mol. The summed E-state index contributed by atoms with van der Waals surface area (Å²) >= 11 is 0. The van der Waals surface area contributed by atoms with Gasteiger partial charge in [0.1, 0.15) is 5.75 Å². The fourth-order valence-corrected chi connectivity index (χ4v) is 2.37. The number of aromatic hydroxyl groups is 1. The number of aliphatic carboxylic acids is 1. The van der Waals surface area contributed by atoms with Crippen molar-refractivity contribution in [3.8, 4) is 5.75 Å². The summed E-state index contributed by atoms with van der Waals surface area (Å²) in [6, 6.07) is 5.63. The number of rotatable bonds is 5. The highest BCUT2D eigenvalue weighted by Gasteiger charge is 2.13. The lowest BCUT2D eigenvalue weighted by atomic mass is 10.1. The number of benzene rings is 1. The Hall–Kier alpha value is -1.71. The molecule has 0 spiro atoms. The predicted octanol–water partition coefficient (Wildman–Crippen LogP) is 2.40. The second-order valence-corrected chi connectivity index (χ2v) is 4.75. The smallest absolute Gasteiger partial charge is 0.303 e. The Morgan fingerprint density at radius 3 is 2.67 bits per heavy atom. The normalized spacial score (nSPS) is 15.0. The van der Waals surface area contributed by atoms with Crippen molar-refractivity contribution in [3.05, 3.63) is 23.8 Å². The van der Waals surface area contributed by atoms with Crippen LogP contribution in [0.5, 0.6) is 5.75 Å². The zero-order valence-corrected chi connectivity index (χ0v) is 10.4. The van der Waals surface area contributed by atoms with Crippen molar-refractivity contribution >= 4 is 11.7 Å². The van der Waals surface area contributed by atoms with Gasteiger partial charge in [-0.25, -0.2) is 0 Å². The summed E-state index contributed by atoms with van der Waals surface area (Å²) in [4.78, 5) is 12.8. The number of hydrogen-bond donors (Lipinski definition) is 2. The van der Waals surface area contributed by atoms with Crippen LogP contribution in [-0.2, 0) is 11.2 Å². The third kappa shape index (κ3) is 3.15. The summed E-state index contributed by atoms with van der Waals surface area (Å²) in [7, 11) is 0.